The summed E-state index contributed by atoms with van der Waals surface area (Å²) in [7, 11) is 3.38. The summed E-state index contributed by atoms with van der Waals surface area (Å²) in [4.78, 5) is 10.9. The molecule has 1 amide bonds. The molecule has 2 rings (SSSR count). The van der Waals surface area contributed by atoms with E-state index in [2.05, 4.69) is 0 Å². The minimum atomic E-state index is 0.722. The summed E-state index contributed by atoms with van der Waals surface area (Å²) >= 11 is 0. The minimum Gasteiger partial charge on any atom is -0.457 e. The van der Waals surface area contributed by atoms with Crippen LogP contribution < -0.4 is 16.2 Å². The Morgan fingerprint density at radius 3 is 1.40 bits per heavy atom. The predicted molar refractivity (Wildman–Crippen MR) is 81.5 cm³/mol. The summed E-state index contributed by atoms with van der Waals surface area (Å²) in [6.45, 7) is 0. The highest BCUT2D eigenvalue weighted by molar-refractivity contribution is 5.46. The molecule has 0 fully saturated rings. The fourth-order valence-electron chi connectivity index (χ4n) is 1.21. The zero-order valence-electron chi connectivity index (χ0n) is 11.6. The Kier molecular flexibility index (Phi) is 5.90. The molecular weight excluding hydrogens is 254 g/mol. The molecule has 0 aliphatic heterocycles. The molecule has 5 nitrogen and oxygen atoms in total. The maximum absolute atomic E-state index is 9.43. The Labute approximate surface area is 118 Å². The van der Waals surface area contributed by atoms with E-state index in [1.165, 1.54) is 4.90 Å². The average molecular weight is 273 g/mol. The highest BCUT2D eigenvalue weighted by Crippen LogP contribution is 2.22. The monoisotopic (exact) mass is 273 g/mol. The summed E-state index contributed by atoms with van der Waals surface area (Å²) in [5.74, 6) is 1.52. The van der Waals surface area contributed by atoms with Crippen molar-refractivity contribution in [1.29, 1.82) is 0 Å². The molecule has 0 aliphatic carbocycles. The van der Waals surface area contributed by atoms with Gasteiger partial charge in [-0.1, -0.05) is 0 Å². The van der Waals surface area contributed by atoms with E-state index in [-0.39, 0.29) is 0 Å². The number of anilines is 2. The third-order valence-electron chi connectivity index (χ3n) is 2.21. The molecule has 0 bridgehead atoms. The third-order valence-corrected chi connectivity index (χ3v) is 2.21. The normalized spacial score (nSPS) is 9.10. The second-order valence-corrected chi connectivity index (χ2v) is 4.31. The lowest BCUT2D eigenvalue weighted by Gasteiger charge is -2.05. The Balaban J connectivity index is 0.000000347. The van der Waals surface area contributed by atoms with Crippen LogP contribution in [-0.4, -0.2) is 25.4 Å². The molecule has 0 saturated heterocycles. The van der Waals surface area contributed by atoms with Gasteiger partial charge in [0.1, 0.15) is 11.5 Å². The number of hydrogen-bond donors (Lipinski definition) is 2. The molecule has 4 N–H and O–H groups in total. The summed E-state index contributed by atoms with van der Waals surface area (Å²) in [6, 6.07) is 14.5. The average Bonchev–Trinajstić information content (AvgIpc) is 2.44. The van der Waals surface area contributed by atoms with Crippen LogP contribution in [0.1, 0.15) is 0 Å². The molecule has 2 aromatic carbocycles. The fourth-order valence-corrected chi connectivity index (χ4v) is 1.21. The van der Waals surface area contributed by atoms with Crippen molar-refractivity contribution in [3.8, 4) is 11.5 Å². The predicted octanol–water partition coefficient (Wildman–Crippen LogP) is 2.35. The van der Waals surface area contributed by atoms with Gasteiger partial charge in [-0.2, -0.15) is 0 Å². The van der Waals surface area contributed by atoms with Crippen LogP contribution in [-0.2, 0) is 4.79 Å². The van der Waals surface area contributed by atoms with E-state index in [9.17, 15) is 4.79 Å². The van der Waals surface area contributed by atoms with E-state index in [0.29, 0.717) is 0 Å². The molecule has 0 spiro atoms. The first-order valence-electron chi connectivity index (χ1n) is 6.02. The van der Waals surface area contributed by atoms with Crippen LogP contribution in [0.15, 0.2) is 48.5 Å². The molecule has 20 heavy (non-hydrogen) atoms. The minimum absolute atomic E-state index is 0.722. The van der Waals surface area contributed by atoms with Gasteiger partial charge >= 0.3 is 0 Å². The van der Waals surface area contributed by atoms with Gasteiger partial charge in [-0.3, -0.25) is 4.79 Å². The summed E-state index contributed by atoms with van der Waals surface area (Å²) in [5, 5.41) is 0. The maximum Gasteiger partial charge on any atom is 0.209 e. The van der Waals surface area contributed by atoms with Crippen molar-refractivity contribution in [2.75, 3.05) is 25.6 Å². The summed E-state index contributed by atoms with van der Waals surface area (Å²) in [6.07, 6.45) is 0.750. The van der Waals surface area contributed by atoms with Gasteiger partial charge in [0.25, 0.3) is 0 Å². The second-order valence-electron chi connectivity index (χ2n) is 4.31. The van der Waals surface area contributed by atoms with Crippen molar-refractivity contribution in [3.05, 3.63) is 48.5 Å². The SMILES string of the molecule is CN(C)C=O.Nc1ccc(Oc2ccc(N)cc2)cc1. The largest absolute Gasteiger partial charge is 0.457 e. The molecule has 106 valence electrons. The first-order chi connectivity index (χ1) is 9.51. The number of hydrogen-bond acceptors (Lipinski definition) is 4. The second kappa shape index (κ2) is 7.68. The number of nitrogens with two attached hydrogens (primary N) is 2. The van der Waals surface area contributed by atoms with Crippen LogP contribution in [0, 0.1) is 0 Å². The van der Waals surface area contributed by atoms with Crippen molar-refractivity contribution < 1.29 is 9.53 Å². The van der Waals surface area contributed by atoms with Crippen LogP contribution in [0.2, 0.25) is 0 Å². The van der Waals surface area contributed by atoms with Gasteiger partial charge in [0, 0.05) is 25.5 Å². The third kappa shape index (κ3) is 5.77. The number of ether oxygens (including phenoxy) is 1. The van der Waals surface area contributed by atoms with Crippen LogP contribution in [0.25, 0.3) is 0 Å². The number of nitrogen functional groups attached to an aromatic ring is 2. The molecular formula is C15H19N3O2. The van der Waals surface area contributed by atoms with E-state index >= 15 is 0 Å². The molecule has 0 heterocycles. The lowest BCUT2D eigenvalue weighted by Crippen LogP contribution is -2.06. The zero-order valence-corrected chi connectivity index (χ0v) is 11.6. The van der Waals surface area contributed by atoms with Crippen LogP contribution in [0.5, 0.6) is 11.5 Å². The van der Waals surface area contributed by atoms with E-state index in [0.717, 1.165) is 29.3 Å². The topological polar surface area (TPSA) is 81.6 Å². The Morgan fingerprint density at radius 2 is 1.15 bits per heavy atom. The Morgan fingerprint density at radius 1 is 0.850 bits per heavy atom. The number of rotatable bonds is 3. The summed E-state index contributed by atoms with van der Waals surface area (Å²) < 4.78 is 5.58. The van der Waals surface area contributed by atoms with Crippen molar-refractivity contribution >= 4 is 17.8 Å². The molecule has 0 aliphatic rings. The van der Waals surface area contributed by atoms with Crippen molar-refractivity contribution in [3.63, 3.8) is 0 Å². The Bertz CT molecular complexity index is 478. The Hall–Kier alpha value is -2.69. The lowest BCUT2D eigenvalue weighted by atomic mass is 10.3. The molecule has 0 saturated carbocycles. The molecule has 2 aromatic rings. The number of amides is 1. The van der Waals surface area contributed by atoms with E-state index in [1.54, 1.807) is 38.4 Å². The number of carbonyl (C=O) groups is 1. The highest BCUT2D eigenvalue weighted by Gasteiger charge is 1.96. The summed E-state index contributed by atoms with van der Waals surface area (Å²) in [5.41, 5.74) is 12.6. The van der Waals surface area contributed by atoms with Gasteiger partial charge in [-0.15, -0.1) is 0 Å². The van der Waals surface area contributed by atoms with E-state index in [4.69, 9.17) is 16.2 Å². The van der Waals surface area contributed by atoms with Gasteiger partial charge < -0.3 is 21.1 Å². The first kappa shape index (κ1) is 15.4. The number of nitrogens with zero attached hydrogens (tertiary/aromatic N) is 1. The van der Waals surface area contributed by atoms with Crippen LogP contribution >= 0.6 is 0 Å². The molecule has 0 unspecified atom stereocenters. The zero-order chi connectivity index (χ0) is 15.0. The lowest BCUT2D eigenvalue weighted by molar-refractivity contribution is -0.115. The van der Waals surface area contributed by atoms with E-state index < -0.39 is 0 Å². The molecule has 0 atom stereocenters. The van der Waals surface area contributed by atoms with Gasteiger partial charge in [-0.25, -0.2) is 0 Å². The molecule has 0 radical (unpaired) electrons. The quantitative estimate of drug-likeness (QED) is 0.664. The standard InChI is InChI=1S/C12H12N2O.C3H7NO/c13-9-1-5-11(6-2-9)15-12-7-3-10(14)4-8-12;1-4(2)3-5/h1-8H,13-14H2;3H,1-2H3. The van der Waals surface area contributed by atoms with Crippen LogP contribution in [0.4, 0.5) is 11.4 Å². The van der Waals surface area contributed by atoms with Crippen LogP contribution in [0.3, 0.4) is 0 Å². The van der Waals surface area contributed by atoms with Gasteiger partial charge in [-0.05, 0) is 48.5 Å². The molecule has 5 heteroatoms. The number of benzene rings is 2. The van der Waals surface area contributed by atoms with Crippen molar-refractivity contribution in [2.24, 2.45) is 0 Å². The maximum atomic E-state index is 9.43. The first-order valence-corrected chi connectivity index (χ1v) is 6.02. The highest BCUT2D eigenvalue weighted by atomic mass is 16.5. The van der Waals surface area contributed by atoms with E-state index in [1.807, 2.05) is 24.3 Å². The van der Waals surface area contributed by atoms with Crippen molar-refractivity contribution in [2.45, 2.75) is 0 Å². The van der Waals surface area contributed by atoms with Gasteiger partial charge in [0.05, 0.1) is 0 Å². The van der Waals surface area contributed by atoms with Crippen molar-refractivity contribution in [1.82, 2.24) is 4.90 Å². The fraction of sp³-hybridized carbons (Fsp3) is 0.133. The van der Waals surface area contributed by atoms with Gasteiger partial charge in [0.2, 0.25) is 6.41 Å². The molecule has 0 aromatic heterocycles. The smallest absolute Gasteiger partial charge is 0.209 e. The number of carbonyl (C=O) groups excluding carboxylic acids is 1. The van der Waals surface area contributed by atoms with Gasteiger partial charge in [0.15, 0.2) is 0 Å².